The predicted molar refractivity (Wildman–Crippen MR) is 68.7 cm³/mol. The number of nitriles is 2. The van der Waals surface area contributed by atoms with Crippen LogP contribution in [0.1, 0.15) is 42.1 Å². The van der Waals surface area contributed by atoms with Gasteiger partial charge in [-0.25, -0.2) is 0 Å². The molecule has 0 aliphatic carbocycles. The van der Waals surface area contributed by atoms with E-state index >= 15 is 0 Å². The van der Waals surface area contributed by atoms with Crippen LogP contribution >= 0.6 is 0 Å². The third-order valence-electron chi connectivity index (χ3n) is 2.80. The molecular weight excluding hydrogens is 224 g/mol. The van der Waals surface area contributed by atoms with E-state index in [0.29, 0.717) is 5.56 Å². The van der Waals surface area contributed by atoms with Gasteiger partial charge in [0.2, 0.25) is 0 Å². The molecule has 0 amide bonds. The van der Waals surface area contributed by atoms with E-state index in [1.165, 1.54) is 5.56 Å². The van der Waals surface area contributed by atoms with Gasteiger partial charge in [-0.15, -0.1) is 0 Å². The lowest BCUT2D eigenvalue weighted by Gasteiger charge is -2.03. The number of nitrogens with zero attached hydrogens (tertiary/aromatic N) is 2. The average Bonchev–Trinajstić information content (AvgIpc) is 2.42. The van der Waals surface area contributed by atoms with Crippen molar-refractivity contribution in [3.63, 3.8) is 0 Å². The predicted octanol–water partition coefficient (Wildman–Crippen LogP) is 3.27. The largest absolute Gasteiger partial charge is 0.294 e. The fourth-order valence-electron chi connectivity index (χ4n) is 1.66. The molecule has 0 aliphatic rings. The second-order valence-corrected chi connectivity index (χ2v) is 4.24. The van der Waals surface area contributed by atoms with Crippen molar-refractivity contribution in [2.75, 3.05) is 0 Å². The van der Waals surface area contributed by atoms with Gasteiger partial charge in [0.15, 0.2) is 5.78 Å². The number of carbonyl (C=O) groups is 1. The van der Waals surface area contributed by atoms with Crippen LogP contribution in [0.4, 0.5) is 0 Å². The molecule has 0 spiro atoms. The van der Waals surface area contributed by atoms with E-state index < -0.39 is 5.92 Å². The van der Waals surface area contributed by atoms with Crippen molar-refractivity contribution < 1.29 is 4.79 Å². The molecule has 0 aliphatic heterocycles. The molecule has 18 heavy (non-hydrogen) atoms. The third-order valence-corrected chi connectivity index (χ3v) is 2.80. The number of aryl methyl sites for hydroxylation is 1. The maximum absolute atomic E-state index is 11.8. The van der Waals surface area contributed by atoms with Gasteiger partial charge in [-0.1, -0.05) is 37.6 Å². The number of hydrogen-bond donors (Lipinski definition) is 0. The Hall–Kier alpha value is -2.13. The Labute approximate surface area is 108 Å². The number of ketones is 1. The summed E-state index contributed by atoms with van der Waals surface area (Å²) in [4.78, 5) is 11.8. The van der Waals surface area contributed by atoms with Crippen molar-refractivity contribution in [1.82, 2.24) is 0 Å². The van der Waals surface area contributed by atoms with Crippen molar-refractivity contribution in [3.05, 3.63) is 35.4 Å². The second kappa shape index (κ2) is 7.25. The monoisotopic (exact) mass is 240 g/mol. The van der Waals surface area contributed by atoms with Crippen LogP contribution < -0.4 is 0 Å². The van der Waals surface area contributed by atoms with Crippen LogP contribution in [0, 0.1) is 28.6 Å². The Morgan fingerprint density at radius 3 is 2.33 bits per heavy atom. The van der Waals surface area contributed by atoms with Crippen LogP contribution in [-0.4, -0.2) is 5.78 Å². The summed E-state index contributed by atoms with van der Waals surface area (Å²) < 4.78 is 0. The molecule has 0 radical (unpaired) electrons. The van der Waals surface area contributed by atoms with Crippen LogP contribution in [0.15, 0.2) is 24.3 Å². The Morgan fingerprint density at radius 1 is 1.22 bits per heavy atom. The van der Waals surface area contributed by atoms with E-state index in [1.807, 2.05) is 24.3 Å². The van der Waals surface area contributed by atoms with Crippen LogP contribution in [-0.2, 0) is 6.42 Å². The summed E-state index contributed by atoms with van der Waals surface area (Å²) in [6.45, 7) is 2.14. The topological polar surface area (TPSA) is 64.7 Å². The maximum atomic E-state index is 11.8. The van der Waals surface area contributed by atoms with Gasteiger partial charge in [0, 0.05) is 12.0 Å². The number of carbonyl (C=O) groups excluding carboxylic acids is 1. The molecule has 3 nitrogen and oxygen atoms in total. The molecule has 1 rings (SSSR count). The van der Waals surface area contributed by atoms with Crippen molar-refractivity contribution >= 4 is 5.78 Å². The molecule has 92 valence electrons. The minimum Gasteiger partial charge on any atom is -0.294 e. The highest BCUT2D eigenvalue weighted by Gasteiger charge is 2.13. The summed E-state index contributed by atoms with van der Waals surface area (Å²) in [7, 11) is 0. The molecule has 0 N–H and O–H groups in total. The zero-order valence-corrected chi connectivity index (χ0v) is 10.5. The van der Waals surface area contributed by atoms with E-state index in [9.17, 15) is 4.79 Å². The summed E-state index contributed by atoms with van der Waals surface area (Å²) in [5, 5.41) is 17.3. The van der Waals surface area contributed by atoms with Gasteiger partial charge in [0.25, 0.3) is 0 Å². The lowest BCUT2D eigenvalue weighted by Crippen LogP contribution is -2.05. The molecule has 0 saturated carbocycles. The van der Waals surface area contributed by atoms with Crippen LogP contribution in [0.3, 0.4) is 0 Å². The SMILES string of the molecule is CCCCc1ccc(C(=O)CC(C#N)C#N)cc1. The number of hydrogen-bond acceptors (Lipinski definition) is 3. The maximum Gasteiger partial charge on any atom is 0.165 e. The van der Waals surface area contributed by atoms with Gasteiger partial charge in [-0.2, -0.15) is 10.5 Å². The molecule has 0 saturated heterocycles. The van der Waals surface area contributed by atoms with Crippen molar-refractivity contribution in [2.45, 2.75) is 32.6 Å². The van der Waals surface area contributed by atoms with Gasteiger partial charge in [0.05, 0.1) is 12.1 Å². The summed E-state index contributed by atoms with van der Waals surface area (Å²) >= 11 is 0. The Balaban J connectivity index is 2.65. The van der Waals surface area contributed by atoms with Gasteiger partial charge < -0.3 is 0 Å². The number of rotatable bonds is 6. The first-order valence-electron chi connectivity index (χ1n) is 6.12. The van der Waals surface area contributed by atoms with Crippen molar-refractivity contribution in [1.29, 1.82) is 10.5 Å². The lowest BCUT2D eigenvalue weighted by atomic mass is 9.98. The standard InChI is InChI=1S/C15H16N2O/c1-2-3-4-12-5-7-14(8-6-12)15(18)9-13(10-16)11-17/h5-8,13H,2-4,9H2,1H3. The first-order valence-corrected chi connectivity index (χ1v) is 6.12. The van der Waals surface area contributed by atoms with Crippen molar-refractivity contribution in [3.8, 4) is 12.1 Å². The summed E-state index contributed by atoms with van der Waals surface area (Å²) in [6.07, 6.45) is 3.27. The fourth-order valence-corrected chi connectivity index (χ4v) is 1.66. The molecule has 0 atom stereocenters. The van der Waals surface area contributed by atoms with Crippen LogP contribution in [0.2, 0.25) is 0 Å². The smallest absolute Gasteiger partial charge is 0.165 e. The van der Waals surface area contributed by atoms with Gasteiger partial charge in [-0.05, 0) is 18.4 Å². The van der Waals surface area contributed by atoms with E-state index in [4.69, 9.17) is 10.5 Å². The average molecular weight is 240 g/mol. The number of unbranched alkanes of at least 4 members (excludes halogenated alkanes) is 1. The van der Waals surface area contributed by atoms with Crippen molar-refractivity contribution in [2.24, 2.45) is 5.92 Å². The second-order valence-electron chi connectivity index (χ2n) is 4.24. The molecule has 0 fully saturated rings. The first-order chi connectivity index (χ1) is 8.71. The minimum absolute atomic E-state index is 0.0265. The summed E-state index contributed by atoms with van der Waals surface area (Å²) in [5.41, 5.74) is 1.79. The van der Waals surface area contributed by atoms with E-state index in [-0.39, 0.29) is 12.2 Å². The fraction of sp³-hybridized carbons (Fsp3) is 0.400. The minimum atomic E-state index is -0.850. The van der Waals surface area contributed by atoms with Crippen LogP contribution in [0.25, 0.3) is 0 Å². The zero-order valence-electron chi connectivity index (χ0n) is 10.5. The number of Topliss-reactive ketones (excluding diaryl/α,β-unsaturated/α-hetero) is 1. The molecule has 0 unspecified atom stereocenters. The molecular formula is C15H16N2O. The summed E-state index contributed by atoms with van der Waals surface area (Å²) in [5.74, 6) is -0.998. The van der Waals surface area contributed by atoms with Gasteiger partial charge in [0.1, 0.15) is 5.92 Å². The first kappa shape index (κ1) is 13.9. The molecule has 0 bridgehead atoms. The molecule has 1 aromatic carbocycles. The number of benzene rings is 1. The Bertz CT molecular complexity index is 463. The highest BCUT2D eigenvalue weighted by atomic mass is 16.1. The Morgan fingerprint density at radius 2 is 1.83 bits per heavy atom. The lowest BCUT2D eigenvalue weighted by molar-refractivity contribution is 0.0976. The quantitative estimate of drug-likeness (QED) is 0.717. The zero-order chi connectivity index (χ0) is 13.4. The molecule has 3 heteroatoms. The summed E-state index contributed by atoms with van der Waals surface area (Å²) in [6, 6.07) is 11.1. The molecule has 0 aromatic heterocycles. The van der Waals surface area contributed by atoms with E-state index in [0.717, 1.165) is 19.3 Å². The Kier molecular flexibility index (Phi) is 5.61. The van der Waals surface area contributed by atoms with E-state index in [1.54, 1.807) is 12.1 Å². The van der Waals surface area contributed by atoms with Crippen LogP contribution in [0.5, 0.6) is 0 Å². The highest BCUT2D eigenvalue weighted by Crippen LogP contribution is 2.12. The molecule has 1 aromatic rings. The molecule has 0 heterocycles. The highest BCUT2D eigenvalue weighted by molar-refractivity contribution is 5.96. The van der Waals surface area contributed by atoms with Gasteiger partial charge >= 0.3 is 0 Å². The van der Waals surface area contributed by atoms with Gasteiger partial charge in [-0.3, -0.25) is 4.79 Å². The third kappa shape index (κ3) is 4.03. The normalized spacial score (nSPS) is 9.78. The van der Waals surface area contributed by atoms with E-state index in [2.05, 4.69) is 6.92 Å².